The van der Waals surface area contributed by atoms with Crippen LogP contribution in [0, 0.1) is 17.3 Å². The quantitative estimate of drug-likeness (QED) is 0.594. The van der Waals surface area contributed by atoms with Crippen LogP contribution in [0.2, 0.25) is 0 Å². The van der Waals surface area contributed by atoms with E-state index in [-0.39, 0.29) is 0 Å². The van der Waals surface area contributed by atoms with Crippen molar-refractivity contribution in [2.75, 3.05) is 0 Å². The van der Waals surface area contributed by atoms with Crippen molar-refractivity contribution >= 4 is 0 Å². The highest BCUT2D eigenvalue weighted by Gasteiger charge is 2.45. The molecule has 0 aromatic carbocycles. The molecule has 77 valence electrons. The maximum absolute atomic E-state index is 2.38. The van der Waals surface area contributed by atoms with Crippen molar-refractivity contribution in [3.05, 3.63) is 5.92 Å². The minimum atomic E-state index is 0.628. The van der Waals surface area contributed by atoms with E-state index in [1.54, 1.807) is 0 Å². The van der Waals surface area contributed by atoms with E-state index < -0.39 is 0 Å². The molecule has 1 aliphatic carbocycles. The van der Waals surface area contributed by atoms with Crippen LogP contribution >= 0.6 is 0 Å². The molecule has 0 spiro atoms. The Morgan fingerprint density at radius 2 is 1.77 bits per heavy atom. The van der Waals surface area contributed by atoms with Crippen molar-refractivity contribution < 1.29 is 0 Å². The third kappa shape index (κ3) is 1.65. The van der Waals surface area contributed by atoms with Crippen LogP contribution < -0.4 is 0 Å². The lowest BCUT2D eigenvalue weighted by Gasteiger charge is -2.38. The first kappa shape index (κ1) is 11.1. The zero-order valence-electron chi connectivity index (χ0n) is 9.82. The van der Waals surface area contributed by atoms with E-state index in [0.717, 1.165) is 5.92 Å². The Morgan fingerprint density at radius 3 is 2.15 bits per heavy atom. The first-order valence-corrected chi connectivity index (χ1v) is 6.10. The lowest BCUT2D eigenvalue weighted by molar-refractivity contribution is 0.191. The average Bonchev–Trinajstić information content (AvgIpc) is 2.55. The van der Waals surface area contributed by atoms with Crippen molar-refractivity contribution in [3.63, 3.8) is 0 Å². The average molecular weight is 181 g/mol. The predicted molar refractivity (Wildman–Crippen MR) is 59.6 cm³/mol. The molecule has 1 aliphatic rings. The Morgan fingerprint density at radius 1 is 1.15 bits per heavy atom. The molecule has 0 aromatic heterocycles. The summed E-state index contributed by atoms with van der Waals surface area (Å²) in [5.41, 5.74) is 0.628. The number of hydrogen-bond donors (Lipinski definition) is 0. The Balaban J connectivity index is 2.81. The van der Waals surface area contributed by atoms with Crippen LogP contribution in [0.15, 0.2) is 0 Å². The summed E-state index contributed by atoms with van der Waals surface area (Å²) in [6.07, 6.45) is 8.30. The Hall–Kier alpha value is 0. The van der Waals surface area contributed by atoms with Gasteiger partial charge in [0.15, 0.2) is 0 Å². The van der Waals surface area contributed by atoms with E-state index in [1.165, 1.54) is 38.5 Å². The van der Waals surface area contributed by atoms with Crippen LogP contribution in [-0.4, -0.2) is 0 Å². The van der Waals surface area contributed by atoms with Crippen molar-refractivity contribution in [2.45, 2.75) is 66.2 Å². The molecule has 1 saturated carbocycles. The van der Waals surface area contributed by atoms with Gasteiger partial charge in [-0.3, -0.25) is 0 Å². The molecule has 0 aromatic rings. The molecule has 1 atom stereocenters. The summed E-state index contributed by atoms with van der Waals surface area (Å²) in [6, 6.07) is 0. The summed E-state index contributed by atoms with van der Waals surface area (Å²) in [6.45, 7) is 9.47. The van der Waals surface area contributed by atoms with Gasteiger partial charge in [0.05, 0.1) is 0 Å². The van der Waals surface area contributed by atoms with Gasteiger partial charge in [-0.15, -0.1) is 0 Å². The highest BCUT2D eigenvalue weighted by Crippen LogP contribution is 2.56. The third-order valence-electron chi connectivity index (χ3n) is 4.46. The van der Waals surface area contributed by atoms with Gasteiger partial charge in [-0.1, -0.05) is 34.1 Å². The molecule has 1 fully saturated rings. The number of hydrogen-bond acceptors (Lipinski definition) is 0. The SMILES string of the molecule is CC[C]1CCC(CC)C1(CC)CC. The van der Waals surface area contributed by atoms with Crippen LogP contribution in [0.3, 0.4) is 0 Å². The van der Waals surface area contributed by atoms with Crippen molar-refractivity contribution in [1.29, 1.82) is 0 Å². The molecule has 0 aliphatic heterocycles. The molecule has 1 unspecified atom stereocenters. The van der Waals surface area contributed by atoms with E-state index in [2.05, 4.69) is 27.7 Å². The van der Waals surface area contributed by atoms with Gasteiger partial charge in [0.25, 0.3) is 0 Å². The van der Waals surface area contributed by atoms with Crippen LogP contribution in [0.25, 0.3) is 0 Å². The summed E-state index contributed by atoms with van der Waals surface area (Å²) >= 11 is 0. The highest BCUT2D eigenvalue weighted by atomic mass is 14.5. The zero-order chi connectivity index (χ0) is 9.90. The maximum atomic E-state index is 2.38. The molecular formula is C13H25. The minimum Gasteiger partial charge on any atom is -0.0651 e. The molecule has 0 heteroatoms. The van der Waals surface area contributed by atoms with Crippen LogP contribution in [0.1, 0.15) is 66.2 Å². The van der Waals surface area contributed by atoms with E-state index in [1.807, 2.05) is 5.92 Å². The Kier molecular flexibility index (Phi) is 3.82. The smallest absolute Gasteiger partial charge is 0.0179 e. The second-order valence-electron chi connectivity index (χ2n) is 4.46. The summed E-state index contributed by atoms with van der Waals surface area (Å²) in [4.78, 5) is 0. The fourth-order valence-electron chi connectivity index (χ4n) is 3.61. The standard InChI is InChI=1S/C13H25/c1-5-11-9-10-12(6-2)13(11,7-3)8-4/h11H,5-10H2,1-4H3. The highest BCUT2D eigenvalue weighted by molar-refractivity contribution is 5.13. The third-order valence-corrected chi connectivity index (χ3v) is 4.46. The van der Waals surface area contributed by atoms with Crippen LogP contribution in [-0.2, 0) is 0 Å². The van der Waals surface area contributed by atoms with Crippen molar-refractivity contribution in [1.82, 2.24) is 0 Å². The van der Waals surface area contributed by atoms with Gasteiger partial charge in [-0.2, -0.15) is 0 Å². The first-order chi connectivity index (χ1) is 6.25. The molecule has 0 amide bonds. The fourth-order valence-corrected chi connectivity index (χ4v) is 3.61. The molecule has 1 radical (unpaired) electrons. The summed E-state index contributed by atoms with van der Waals surface area (Å²) in [5.74, 6) is 2.85. The van der Waals surface area contributed by atoms with E-state index in [4.69, 9.17) is 0 Å². The lowest BCUT2D eigenvalue weighted by Crippen LogP contribution is -2.29. The molecule has 0 nitrogen and oxygen atoms in total. The molecule has 0 heterocycles. The number of rotatable bonds is 4. The zero-order valence-corrected chi connectivity index (χ0v) is 9.82. The van der Waals surface area contributed by atoms with Crippen LogP contribution in [0.4, 0.5) is 0 Å². The van der Waals surface area contributed by atoms with Gasteiger partial charge in [0.1, 0.15) is 0 Å². The molecule has 0 bridgehead atoms. The Bertz CT molecular complexity index is 130. The van der Waals surface area contributed by atoms with Gasteiger partial charge < -0.3 is 0 Å². The van der Waals surface area contributed by atoms with E-state index in [9.17, 15) is 0 Å². The molecule has 0 saturated heterocycles. The topological polar surface area (TPSA) is 0 Å². The van der Waals surface area contributed by atoms with Gasteiger partial charge in [0, 0.05) is 0 Å². The summed E-state index contributed by atoms with van der Waals surface area (Å²) in [7, 11) is 0. The maximum Gasteiger partial charge on any atom is -0.0179 e. The monoisotopic (exact) mass is 181 g/mol. The summed E-state index contributed by atoms with van der Waals surface area (Å²) < 4.78 is 0. The fraction of sp³-hybridized carbons (Fsp3) is 0.923. The van der Waals surface area contributed by atoms with E-state index in [0.29, 0.717) is 5.41 Å². The van der Waals surface area contributed by atoms with Gasteiger partial charge in [-0.25, -0.2) is 0 Å². The van der Waals surface area contributed by atoms with Gasteiger partial charge >= 0.3 is 0 Å². The molecule has 0 N–H and O–H groups in total. The van der Waals surface area contributed by atoms with Gasteiger partial charge in [-0.05, 0) is 49.4 Å². The van der Waals surface area contributed by atoms with Crippen LogP contribution in [0.5, 0.6) is 0 Å². The van der Waals surface area contributed by atoms with Crippen molar-refractivity contribution in [2.24, 2.45) is 11.3 Å². The summed E-state index contributed by atoms with van der Waals surface area (Å²) in [5, 5.41) is 0. The second kappa shape index (κ2) is 4.48. The first-order valence-electron chi connectivity index (χ1n) is 6.10. The molecular weight excluding hydrogens is 156 g/mol. The molecule has 1 rings (SSSR count). The lowest BCUT2D eigenvalue weighted by atomic mass is 9.66. The molecule has 13 heavy (non-hydrogen) atoms. The van der Waals surface area contributed by atoms with Gasteiger partial charge in [0.2, 0.25) is 0 Å². The normalized spacial score (nSPS) is 28.2. The Labute approximate surface area is 84.1 Å². The second-order valence-corrected chi connectivity index (χ2v) is 4.46. The van der Waals surface area contributed by atoms with Crippen molar-refractivity contribution in [3.8, 4) is 0 Å². The largest absolute Gasteiger partial charge is 0.0651 e. The predicted octanol–water partition coefficient (Wildman–Crippen LogP) is 4.60. The minimum absolute atomic E-state index is 0.628. The van der Waals surface area contributed by atoms with E-state index >= 15 is 0 Å².